The molecular weight excluding hydrogens is 290 g/mol. The Morgan fingerprint density at radius 1 is 1.47 bits per heavy atom. The normalized spacial score (nSPS) is 11.1. The van der Waals surface area contributed by atoms with E-state index in [4.69, 9.17) is 10.5 Å². The molecule has 1 aromatic rings. The molecule has 0 unspecified atom stereocenters. The first kappa shape index (κ1) is 13.4. The Hall–Kier alpha value is -1.69. The van der Waals surface area contributed by atoms with Crippen molar-refractivity contribution < 1.29 is 19.4 Å². The van der Waals surface area contributed by atoms with E-state index in [2.05, 4.69) is 20.7 Å². The zero-order valence-corrected chi connectivity index (χ0v) is 10.9. The molecule has 1 aromatic carbocycles. The SMILES string of the molecule is COC(=O)/C(N)=C/c1ccc(OC)c(Br)c1O. The molecule has 0 heterocycles. The van der Waals surface area contributed by atoms with E-state index >= 15 is 0 Å². The van der Waals surface area contributed by atoms with Crippen LogP contribution < -0.4 is 10.5 Å². The van der Waals surface area contributed by atoms with Crippen molar-refractivity contribution in [2.45, 2.75) is 0 Å². The molecule has 0 fully saturated rings. The molecule has 0 aromatic heterocycles. The van der Waals surface area contributed by atoms with E-state index in [1.165, 1.54) is 20.3 Å². The lowest BCUT2D eigenvalue weighted by molar-refractivity contribution is -0.136. The Balaban J connectivity index is 3.17. The van der Waals surface area contributed by atoms with Crippen molar-refractivity contribution in [2.24, 2.45) is 5.73 Å². The minimum atomic E-state index is -0.656. The monoisotopic (exact) mass is 301 g/mol. The van der Waals surface area contributed by atoms with Gasteiger partial charge in [0.25, 0.3) is 0 Å². The highest BCUT2D eigenvalue weighted by Gasteiger charge is 2.11. The van der Waals surface area contributed by atoms with Gasteiger partial charge in [0.2, 0.25) is 0 Å². The lowest BCUT2D eigenvalue weighted by Crippen LogP contribution is -2.12. The summed E-state index contributed by atoms with van der Waals surface area (Å²) in [7, 11) is 2.71. The summed E-state index contributed by atoms with van der Waals surface area (Å²) in [5, 5.41) is 9.83. The smallest absolute Gasteiger partial charge is 0.353 e. The molecule has 0 amide bonds. The number of halogens is 1. The number of nitrogens with two attached hydrogens (primary N) is 1. The molecule has 3 N–H and O–H groups in total. The number of phenols is 1. The molecule has 1 rings (SSSR count). The van der Waals surface area contributed by atoms with Crippen LogP contribution in [0.25, 0.3) is 6.08 Å². The van der Waals surface area contributed by atoms with Crippen LogP contribution >= 0.6 is 15.9 Å². The highest BCUT2D eigenvalue weighted by atomic mass is 79.9. The molecule has 0 atom stereocenters. The summed E-state index contributed by atoms with van der Waals surface area (Å²) in [6, 6.07) is 3.22. The molecule has 0 radical (unpaired) electrons. The average Bonchev–Trinajstić information content (AvgIpc) is 2.34. The van der Waals surface area contributed by atoms with E-state index in [1.807, 2.05) is 0 Å². The number of esters is 1. The van der Waals surface area contributed by atoms with Gasteiger partial charge in [0.1, 0.15) is 21.7 Å². The van der Waals surface area contributed by atoms with Crippen molar-refractivity contribution in [3.63, 3.8) is 0 Å². The maximum atomic E-state index is 11.1. The van der Waals surface area contributed by atoms with Gasteiger partial charge in [0.05, 0.1) is 14.2 Å². The van der Waals surface area contributed by atoms with Crippen molar-refractivity contribution in [1.82, 2.24) is 0 Å². The molecule has 0 bridgehead atoms. The van der Waals surface area contributed by atoms with Crippen LogP contribution in [-0.2, 0) is 9.53 Å². The number of phenolic OH excluding ortho intramolecular Hbond substituents is 1. The fraction of sp³-hybridized carbons (Fsp3) is 0.182. The van der Waals surface area contributed by atoms with E-state index in [-0.39, 0.29) is 11.4 Å². The van der Waals surface area contributed by atoms with Crippen LogP contribution in [0.5, 0.6) is 11.5 Å². The zero-order chi connectivity index (χ0) is 13.0. The van der Waals surface area contributed by atoms with Crippen LogP contribution in [0.3, 0.4) is 0 Å². The second-order valence-corrected chi connectivity index (χ2v) is 3.90. The maximum Gasteiger partial charge on any atom is 0.353 e. The number of carbonyl (C=O) groups excluding carboxylic acids is 1. The third kappa shape index (κ3) is 2.91. The predicted octanol–water partition coefficient (Wildman–Crippen LogP) is 1.64. The van der Waals surface area contributed by atoms with Gasteiger partial charge in [-0.2, -0.15) is 0 Å². The number of methoxy groups -OCH3 is 2. The summed E-state index contributed by atoms with van der Waals surface area (Å²) >= 11 is 3.17. The van der Waals surface area contributed by atoms with E-state index in [1.54, 1.807) is 12.1 Å². The highest BCUT2D eigenvalue weighted by Crippen LogP contribution is 2.36. The summed E-state index contributed by atoms with van der Waals surface area (Å²) < 4.78 is 9.85. The van der Waals surface area contributed by atoms with Crippen LogP contribution in [0.1, 0.15) is 5.56 Å². The van der Waals surface area contributed by atoms with E-state index in [0.717, 1.165) is 0 Å². The summed E-state index contributed by atoms with van der Waals surface area (Å²) in [6.45, 7) is 0. The first-order valence-electron chi connectivity index (χ1n) is 4.62. The van der Waals surface area contributed by atoms with Gasteiger partial charge in [0.15, 0.2) is 0 Å². The third-order valence-electron chi connectivity index (χ3n) is 2.06. The van der Waals surface area contributed by atoms with E-state index in [9.17, 15) is 9.90 Å². The van der Waals surface area contributed by atoms with Crippen LogP contribution in [0, 0.1) is 0 Å². The van der Waals surface area contributed by atoms with Gasteiger partial charge in [-0.25, -0.2) is 4.79 Å². The summed E-state index contributed by atoms with van der Waals surface area (Å²) in [6.07, 6.45) is 1.32. The Kier molecular flexibility index (Phi) is 4.39. The summed E-state index contributed by atoms with van der Waals surface area (Å²) in [5.74, 6) is -0.233. The number of hydrogen-bond acceptors (Lipinski definition) is 5. The second kappa shape index (κ2) is 5.58. The van der Waals surface area contributed by atoms with E-state index < -0.39 is 5.97 Å². The van der Waals surface area contributed by atoms with Gasteiger partial charge in [-0.1, -0.05) is 0 Å². The minimum Gasteiger partial charge on any atom is -0.506 e. The fourth-order valence-corrected chi connectivity index (χ4v) is 1.70. The van der Waals surface area contributed by atoms with Crippen LogP contribution in [-0.4, -0.2) is 25.3 Å². The Morgan fingerprint density at radius 3 is 2.65 bits per heavy atom. The molecule has 0 saturated heterocycles. The number of benzene rings is 1. The maximum absolute atomic E-state index is 11.1. The topological polar surface area (TPSA) is 81.8 Å². The first-order valence-corrected chi connectivity index (χ1v) is 5.41. The first-order chi connectivity index (χ1) is 8.01. The van der Waals surface area contributed by atoms with Crippen LogP contribution in [0.2, 0.25) is 0 Å². The lowest BCUT2D eigenvalue weighted by Gasteiger charge is -2.08. The fourth-order valence-electron chi connectivity index (χ4n) is 1.18. The lowest BCUT2D eigenvalue weighted by atomic mass is 10.1. The molecular formula is C11H12BrNO4. The molecule has 0 aliphatic heterocycles. The van der Waals surface area contributed by atoms with Crippen LogP contribution in [0.15, 0.2) is 22.3 Å². The second-order valence-electron chi connectivity index (χ2n) is 3.11. The van der Waals surface area contributed by atoms with Crippen LogP contribution in [0.4, 0.5) is 0 Å². The molecule has 17 heavy (non-hydrogen) atoms. The van der Waals surface area contributed by atoms with E-state index in [0.29, 0.717) is 15.8 Å². The van der Waals surface area contributed by atoms with Gasteiger partial charge in [-0.3, -0.25) is 0 Å². The predicted molar refractivity (Wildman–Crippen MR) is 66.5 cm³/mol. The highest BCUT2D eigenvalue weighted by molar-refractivity contribution is 9.10. The number of hydrogen-bond donors (Lipinski definition) is 2. The van der Waals surface area contributed by atoms with Crippen molar-refractivity contribution >= 4 is 28.0 Å². The largest absolute Gasteiger partial charge is 0.506 e. The standard InChI is InChI=1S/C11H12BrNO4/c1-16-8-4-3-6(10(14)9(8)12)5-7(13)11(15)17-2/h3-5,14H,13H2,1-2H3/b7-5-. The minimum absolute atomic E-state index is 0.0591. The van der Waals surface area contributed by atoms with Gasteiger partial charge < -0.3 is 20.3 Å². The molecule has 6 heteroatoms. The summed E-state index contributed by atoms with van der Waals surface area (Å²) in [4.78, 5) is 11.1. The zero-order valence-electron chi connectivity index (χ0n) is 9.36. The molecule has 0 spiro atoms. The Morgan fingerprint density at radius 2 is 2.12 bits per heavy atom. The van der Waals surface area contributed by atoms with Crippen molar-refractivity contribution in [1.29, 1.82) is 0 Å². The number of ether oxygens (including phenoxy) is 2. The van der Waals surface area contributed by atoms with Crippen molar-refractivity contribution in [3.8, 4) is 11.5 Å². The van der Waals surface area contributed by atoms with Gasteiger partial charge >= 0.3 is 5.97 Å². The summed E-state index contributed by atoms with van der Waals surface area (Å²) in [5.41, 5.74) is 5.77. The van der Waals surface area contributed by atoms with Crippen molar-refractivity contribution in [3.05, 3.63) is 27.9 Å². The molecule has 0 aliphatic carbocycles. The number of aromatic hydroxyl groups is 1. The van der Waals surface area contributed by atoms with Gasteiger partial charge in [-0.15, -0.1) is 0 Å². The molecule has 0 saturated carbocycles. The quantitative estimate of drug-likeness (QED) is 0.655. The number of carbonyl (C=O) groups is 1. The average molecular weight is 302 g/mol. The van der Waals surface area contributed by atoms with Gasteiger partial charge in [-0.05, 0) is 34.1 Å². The molecule has 5 nitrogen and oxygen atoms in total. The Bertz CT molecular complexity index is 471. The number of rotatable bonds is 3. The molecule has 92 valence electrons. The molecule has 0 aliphatic rings. The third-order valence-corrected chi connectivity index (χ3v) is 2.83. The van der Waals surface area contributed by atoms with Crippen molar-refractivity contribution in [2.75, 3.05) is 14.2 Å². The Labute approximate surface area is 107 Å². The van der Waals surface area contributed by atoms with Gasteiger partial charge in [0, 0.05) is 5.56 Å².